The van der Waals surface area contributed by atoms with E-state index in [1.54, 1.807) is 11.3 Å². The Kier molecular flexibility index (Phi) is 4.74. The summed E-state index contributed by atoms with van der Waals surface area (Å²) in [5.41, 5.74) is 2.91. The third kappa shape index (κ3) is 3.31. The smallest absolute Gasteiger partial charge is 0.247 e. The molecule has 4 nitrogen and oxygen atoms in total. The second kappa shape index (κ2) is 6.75. The molecule has 5 heteroatoms. The van der Waals surface area contributed by atoms with Crippen LogP contribution in [-0.2, 0) is 4.79 Å². The summed E-state index contributed by atoms with van der Waals surface area (Å²) in [6, 6.07) is 0.504. The van der Waals surface area contributed by atoms with Crippen LogP contribution in [0, 0.1) is 6.92 Å². The molecule has 0 aromatic carbocycles. The number of rotatable bonds is 5. The zero-order valence-electron chi connectivity index (χ0n) is 13.3. The van der Waals surface area contributed by atoms with E-state index < -0.39 is 0 Å². The number of amides is 1. The first-order valence-corrected chi connectivity index (χ1v) is 8.91. The Morgan fingerprint density at radius 1 is 1.55 bits per heavy atom. The van der Waals surface area contributed by atoms with Gasteiger partial charge in [0.2, 0.25) is 5.91 Å². The Morgan fingerprint density at radius 2 is 2.41 bits per heavy atom. The number of likely N-dealkylation sites (N-methyl/N-ethyl adjacent to an activating group) is 1. The van der Waals surface area contributed by atoms with Crippen LogP contribution >= 0.6 is 11.3 Å². The van der Waals surface area contributed by atoms with Crippen molar-refractivity contribution in [1.29, 1.82) is 0 Å². The van der Waals surface area contributed by atoms with Crippen LogP contribution in [0.1, 0.15) is 36.9 Å². The number of carbonyl (C=O) groups is 1. The second-order valence-corrected chi connectivity index (χ2v) is 6.98. The average Bonchev–Trinajstić information content (AvgIpc) is 3.24. The summed E-state index contributed by atoms with van der Waals surface area (Å²) in [6.07, 6.45) is 7.22. The molecule has 1 aliphatic carbocycles. The van der Waals surface area contributed by atoms with Gasteiger partial charge >= 0.3 is 0 Å². The van der Waals surface area contributed by atoms with Crippen molar-refractivity contribution in [3.63, 3.8) is 0 Å². The van der Waals surface area contributed by atoms with Crippen molar-refractivity contribution in [2.75, 3.05) is 19.6 Å². The third-order valence-electron chi connectivity index (χ3n) is 4.48. The zero-order valence-corrected chi connectivity index (χ0v) is 14.1. The van der Waals surface area contributed by atoms with Gasteiger partial charge in [-0.1, -0.05) is 13.0 Å². The fourth-order valence-corrected chi connectivity index (χ4v) is 3.85. The Labute approximate surface area is 135 Å². The first kappa shape index (κ1) is 15.4. The van der Waals surface area contributed by atoms with E-state index in [2.05, 4.69) is 33.6 Å². The first-order valence-electron chi connectivity index (χ1n) is 8.03. The lowest BCUT2D eigenvalue weighted by Gasteiger charge is -2.22. The van der Waals surface area contributed by atoms with Gasteiger partial charge < -0.3 is 5.32 Å². The molecule has 1 amide bonds. The van der Waals surface area contributed by atoms with E-state index >= 15 is 0 Å². The number of allylic oxidation sites excluding steroid dienone is 3. The number of nitrogens with zero attached hydrogens (tertiary/aromatic N) is 2. The van der Waals surface area contributed by atoms with Gasteiger partial charge in [-0.25, -0.2) is 4.98 Å². The van der Waals surface area contributed by atoms with E-state index in [1.165, 1.54) is 12.8 Å². The van der Waals surface area contributed by atoms with Crippen molar-refractivity contribution in [3.05, 3.63) is 33.8 Å². The fraction of sp³-hybridized carbons (Fsp3) is 0.529. The average molecular weight is 317 g/mol. The van der Waals surface area contributed by atoms with Gasteiger partial charge in [0.05, 0.1) is 10.7 Å². The van der Waals surface area contributed by atoms with Crippen LogP contribution < -0.4 is 5.32 Å². The number of carbonyl (C=O) groups excluding carboxylic acids is 1. The van der Waals surface area contributed by atoms with Gasteiger partial charge in [0.1, 0.15) is 0 Å². The predicted octanol–water partition coefficient (Wildman–Crippen LogP) is 2.77. The second-order valence-electron chi connectivity index (χ2n) is 5.92. The van der Waals surface area contributed by atoms with Crippen LogP contribution in [0.4, 0.5) is 0 Å². The highest BCUT2D eigenvalue weighted by Gasteiger charge is 2.24. The van der Waals surface area contributed by atoms with Crippen LogP contribution in [0.15, 0.2) is 23.1 Å². The van der Waals surface area contributed by atoms with Crippen LogP contribution in [0.2, 0.25) is 0 Å². The van der Waals surface area contributed by atoms with Gasteiger partial charge in [-0.05, 0) is 50.9 Å². The monoisotopic (exact) mass is 317 g/mol. The molecule has 3 rings (SSSR count). The molecule has 22 heavy (non-hydrogen) atoms. The van der Waals surface area contributed by atoms with Crippen LogP contribution in [0.25, 0.3) is 5.57 Å². The van der Waals surface area contributed by atoms with E-state index in [0.29, 0.717) is 12.5 Å². The molecule has 0 spiro atoms. The van der Waals surface area contributed by atoms with E-state index in [-0.39, 0.29) is 5.91 Å². The Hall–Kier alpha value is -1.46. The van der Waals surface area contributed by atoms with Crippen molar-refractivity contribution in [3.8, 4) is 0 Å². The van der Waals surface area contributed by atoms with Crippen molar-refractivity contribution in [2.24, 2.45) is 0 Å². The summed E-state index contributed by atoms with van der Waals surface area (Å²) < 4.78 is 0. The number of aromatic nitrogens is 1. The lowest BCUT2D eigenvalue weighted by atomic mass is 10.2. The normalized spacial score (nSPS) is 21.8. The zero-order chi connectivity index (χ0) is 15.5. The fourth-order valence-electron chi connectivity index (χ4n) is 3.22. The van der Waals surface area contributed by atoms with Gasteiger partial charge in [0.25, 0.3) is 0 Å². The Balaban J connectivity index is 1.55. The summed E-state index contributed by atoms with van der Waals surface area (Å²) in [5.74, 6) is 0.0705. The summed E-state index contributed by atoms with van der Waals surface area (Å²) in [6.45, 7) is 7.18. The molecule has 1 N–H and O–H groups in total. The van der Waals surface area contributed by atoms with E-state index in [0.717, 1.165) is 41.5 Å². The SMILES string of the molecule is CCN1CCCC1CNC(=O)C1=CC(c2csc(C)n2)=CC1. The molecule has 118 valence electrons. The van der Waals surface area contributed by atoms with Crippen LogP contribution in [-0.4, -0.2) is 41.5 Å². The standard InChI is InChI=1S/C17H23N3OS/c1-3-20-8-4-5-15(20)10-18-17(21)14-7-6-13(9-14)16-11-22-12(2)19-16/h6,9,11,15H,3-5,7-8,10H2,1-2H3,(H,18,21). The molecule has 1 unspecified atom stereocenters. The largest absolute Gasteiger partial charge is 0.351 e. The summed E-state index contributed by atoms with van der Waals surface area (Å²) >= 11 is 1.64. The number of hydrogen-bond donors (Lipinski definition) is 1. The molecule has 1 aliphatic heterocycles. The van der Waals surface area contributed by atoms with Crippen molar-refractivity contribution < 1.29 is 4.79 Å². The molecule has 1 aromatic heterocycles. The molecule has 1 atom stereocenters. The van der Waals surface area contributed by atoms with E-state index in [4.69, 9.17) is 0 Å². The number of aryl methyl sites for hydroxylation is 1. The minimum atomic E-state index is 0.0705. The highest BCUT2D eigenvalue weighted by atomic mass is 32.1. The topological polar surface area (TPSA) is 45.2 Å². The van der Waals surface area contributed by atoms with Gasteiger partial charge in [-0.3, -0.25) is 9.69 Å². The first-order chi connectivity index (χ1) is 10.7. The van der Waals surface area contributed by atoms with Crippen LogP contribution in [0.3, 0.4) is 0 Å². The van der Waals surface area contributed by atoms with Crippen molar-refractivity contribution in [2.45, 2.75) is 39.2 Å². The Morgan fingerprint density at radius 3 is 3.14 bits per heavy atom. The molecule has 2 aliphatic rings. The number of nitrogens with one attached hydrogen (secondary N) is 1. The molecule has 1 fully saturated rings. The maximum Gasteiger partial charge on any atom is 0.247 e. The predicted molar refractivity (Wildman–Crippen MR) is 90.8 cm³/mol. The van der Waals surface area contributed by atoms with Gasteiger partial charge in [0, 0.05) is 23.5 Å². The number of thiazole rings is 1. The molecule has 1 saturated heterocycles. The van der Waals surface area contributed by atoms with Crippen molar-refractivity contribution >= 4 is 22.8 Å². The van der Waals surface area contributed by atoms with Crippen LogP contribution in [0.5, 0.6) is 0 Å². The minimum absolute atomic E-state index is 0.0705. The number of likely N-dealkylation sites (tertiary alicyclic amines) is 1. The summed E-state index contributed by atoms with van der Waals surface area (Å²) in [7, 11) is 0. The molecular weight excluding hydrogens is 294 g/mol. The molecular formula is C17H23N3OS. The van der Waals surface area contributed by atoms with Gasteiger partial charge in [0.15, 0.2) is 0 Å². The number of hydrogen-bond acceptors (Lipinski definition) is 4. The summed E-state index contributed by atoms with van der Waals surface area (Å²) in [4.78, 5) is 19.3. The molecule has 2 heterocycles. The summed E-state index contributed by atoms with van der Waals surface area (Å²) in [5, 5.41) is 6.22. The molecule has 1 aromatic rings. The lowest BCUT2D eigenvalue weighted by molar-refractivity contribution is -0.117. The molecule has 0 radical (unpaired) electrons. The van der Waals surface area contributed by atoms with E-state index in [9.17, 15) is 4.79 Å². The maximum atomic E-state index is 12.3. The lowest BCUT2D eigenvalue weighted by Crippen LogP contribution is -2.40. The molecule has 0 bridgehead atoms. The quantitative estimate of drug-likeness (QED) is 0.908. The Bertz CT molecular complexity index is 617. The van der Waals surface area contributed by atoms with E-state index in [1.807, 2.05) is 13.0 Å². The van der Waals surface area contributed by atoms with Gasteiger partial charge in [-0.15, -0.1) is 11.3 Å². The van der Waals surface area contributed by atoms with Crippen molar-refractivity contribution in [1.82, 2.24) is 15.2 Å². The highest BCUT2D eigenvalue weighted by molar-refractivity contribution is 7.09. The minimum Gasteiger partial charge on any atom is -0.351 e. The van der Waals surface area contributed by atoms with Gasteiger partial charge in [-0.2, -0.15) is 0 Å². The highest BCUT2D eigenvalue weighted by Crippen LogP contribution is 2.27. The third-order valence-corrected chi connectivity index (χ3v) is 5.26. The molecule has 0 saturated carbocycles. The maximum absolute atomic E-state index is 12.3.